The molecule has 2 aliphatic heterocycles. The first-order valence-electron chi connectivity index (χ1n) is 9.65. The monoisotopic (exact) mass is 368 g/mol. The van der Waals surface area contributed by atoms with Crippen molar-refractivity contribution in [1.29, 1.82) is 0 Å². The van der Waals surface area contributed by atoms with Gasteiger partial charge in [-0.1, -0.05) is 18.3 Å². The van der Waals surface area contributed by atoms with E-state index >= 15 is 0 Å². The summed E-state index contributed by atoms with van der Waals surface area (Å²) in [4.78, 5) is 6.51. The molecule has 6 nitrogen and oxygen atoms in total. The first-order valence-corrected chi connectivity index (χ1v) is 10.4. The van der Waals surface area contributed by atoms with Crippen molar-refractivity contribution in [2.24, 2.45) is 5.92 Å². The second kappa shape index (κ2) is 9.37. The van der Waals surface area contributed by atoms with Crippen LogP contribution in [0.2, 0.25) is 0 Å². The van der Waals surface area contributed by atoms with Crippen molar-refractivity contribution in [2.45, 2.75) is 51.6 Å². The molecule has 0 amide bonds. The topological polar surface area (TPSA) is 61.7 Å². The summed E-state index contributed by atoms with van der Waals surface area (Å²) in [5.74, 6) is 1.06. The molecular weight excluding hydrogens is 336 g/mol. The molecule has 1 aromatic rings. The molecule has 0 radical (unpaired) electrons. The largest absolute Gasteiger partial charge is 0.396 e. The van der Waals surface area contributed by atoms with Gasteiger partial charge in [-0.2, -0.15) is 0 Å². The molecule has 0 spiro atoms. The molecule has 2 fully saturated rings. The normalized spacial score (nSPS) is 26.4. The fourth-order valence-corrected chi connectivity index (χ4v) is 5.07. The lowest BCUT2D eigenvalue weighted by molar-refractivity contribution is -0.0230. The Kier molecular flexibility index (Phi) is 7.18. The highest BCUT2D eigenvalue weighted by molar-refractivity contribution is 7.05. The van der Waals surface area contributed by atoms with Crippen LogP contribution < -0.4 is 0 Å². The molecule has 2 atom stereocenters. The fourth-order valence-electron chi connectivity index (χ4n) is 4.23. The summed E-state index contributed by atoms with van der Waals surface area (Å²) in [5.41, 5.74) is 1.16. The Bertz CT molecular complexity index is 519. The summed E-state index contributed by atoms with van der Waals surface area (Å²) >= 11 is 1.55. The van der Waals surface area contributed by atoms with Crippen molar-refractivity contribution in [3.63, 3.8) is 0 Å². The van der Waals surface area contributed by atoms with E-state index in [9.17, 15) is 5.11 Å². The molecule has 3 heterocycles. The van der Waals surface area contributed by atoms with Gasteiger partial charge >= 0.3 is 0 Å². The van der Waals surface area contributed by atoms with Gasteiger partial charge in [-0.3, -0.25) is 9.80 Å². The van der Waals surface area contributed by atoms with Gasteiger partial charge in [-0.15, -0.1) is 5.10 Å². The number of aliphatic hydroxyl groups excluding tert-OH is 1. The molecule has 0 aromatic carbocycles. The molecule has 2 aliphatic rings. The molecule has 25 heavy (non-hydrogen) atoms. The van der Waals surface area contributed by atoms with Crippen molar-refractivity contribution in [3.8, 4) is 0 Å². The summed E-state index contributed by atoms with van der Waals surface area (Å²) in [6.45, 7) is 11.7. The van der Waals surface area contributed by atoms with Crippen molar-refractivity contribution in [3.05, 3.63) is 10.6 Å². The van der Waals surface area contributed by atoms with Gasteiger partial charge in [0, 0.05) is 45.4 Å². The lowest BCUT2D eigenvalue weighted by Crippen LogP contribution is -2.53. The molecule has 7 heteroatoms. The summed E-state index contributed by atoms with van der Waals surface area (Å²) in [6.07, 6.45) is 3.21. The summed E-state index contributed by atoms with van der Waals surface area (Å²) < 4.78 is 9.70. The maximum Gasteiger partial charge on any atom is 0.0826 e. The molecule has 1 N–H and O–H groups in total. The van der Waals surface area contributed by atoms with Crippen LogP contribution in [-0.2, 0) is 11.3 Å². The first-order chi connectivity index (χ1) is 12.2. The third kappa shape index (κ3) is 4.98. The minimum atomic E-state index is 0.294. The van der Waals surface area contributed by atoms with Crippen molar-refractivity contribution >= 4 is 11.5 Å². The minimum Gasteiger partial charge on any atom is -0.396 e. The third-order valence-corrected chi connectivity index (χ3v) is 6.25. The number of rotatable bonds is 7. The molecule has 0 saturated carbocycles. The van der Waals surface area contributed by atoms with E-state index < -0.39 is 0 Å². The lowest BCUT2D eigenvalue weighted by atomic mass is 9.86. The Labute approximate surface area is 155 Å². The number of hydrogen-bond donors (Lipinski definition) is 1. The van der Waals surface area contributed by atoms with Crippen LogP contribution in [0, 0.1) is 5.92 Å². The number of piperidine rings is 1. The molecule has 2 saturated heterocycles. The first kappa shape index (κ1) is 19.2. The summed E-state index contributed by atoms with van der Waals surface area (Å²) in [7, 11) is 0. The third-order valence-electron chi connectivity index (χ3n) is 5.53. The van der Waals surface area contributed by atoms with E-state index in [-0.39, 0.29) is 0 Å². The molecule has 142 valence electrons. The Morgan fingerprint density at radius 3 is 2.80 bits per heavy atom. The fraction of sp³-hybridized carbons (Fsp3) is 0.889. The zero-order valence-electron chi connectivity index (χ0n) is 15.6. The highest BCUT2D eigenvalue weighted by Gasteiger charge is 2.34. The van der Waals surface area contributed by atoms with Crippen LogP contribution in [0.1, 0.15) is 49.6 Å². The summed E-state index contributed by atoms with van der Waals surface area (Å²) in [6, 6.07) is 0.635. The SMILES string of the molecule is CC(C)c1nnsc1CN1CCC(N2CCOCC2)C(CCCO)C1. The van der Waals surface area contributed by atoms with E-state index in [4.69, 9.17) is 4.74 Å². The molecular formula is C18H32N4O2S. The number of aromatic nitrogens is 2. The van der Waals surface area contributed by atoms with Gasteiger partial charge in [0.15, 0.2) is 0 Å². The van der Waals surface area contributed by atoms with Crippen LogP contribution >= 0.6 is 11.5 Å². The van der Waals surface area contributed by atoms with Crippen LogP contribution in [0.5, 0.6) is 0 Å². The van der Waals surface area contributed by atoms with E-state index in [1.54, 1.807) is 11.5 Å². The predicted molar refractivity (Wildman–Crippen MR) is 99.9 cm³/mol. The molecule has 1 aromatic heterocycles. The number of morpholine rings is 1. The van der Waals surface area contributed by atoms with E-state index in [0.717, 1.165) is 64.5 Å². The average Bonchev–Trinajstić information content (AvgIpc) is 3.09. The van der Waals surface area contributed by atoms with E-state index in [1.807, 2.05) is 0 Å². The van der Waals surface area contributed by atoms with Gasteiger partial charge in [0.25, 0.3) is 0 Å². The van der Waals surface area contributed by atoms with Crippen LogP contribution in [0.4, 0.5) is 0 Å². The molecule has 3 rings (SSSR count). The van der Waals surface area contributed by atoms with Gasteiger partial charge in [0.2, 0.25) is 0 Å². The average molecular weight is 369 g/mol. The number of aliphatic hydroxyl groups is 1. The summed E-state index contributed by atoms with van der Waals surface area (Å²) in [5, 5.41) is 13.6. The van der Waals surface area contributed by atoms with Gasteiger partial charge in [0.05, 0.1) is 23.8 Å². The molecule has 0 aliphatic carbocycles. The Morgan fingerprint density at radius 1 is 1.28 bits per heavy atom. The number of hydrogen-bond acceptors (Lipinski definition) is 7. The van der Waals surface area contributed by atoms with Crippen LogP contribution in [-0.4, -0.2) is 76.5 Å². The maximum atomic E-state index is 9.30. The van der Waals surface area contributed by atoms with Crippen LogP contribution in [0.15, 0.2) is 0 Å². The van der Waals surface area contributed by atoms with Crippen molar-refractivity contribution in [2.75, 3.05) is 46.0 Å². The van der Waals surface area contributed by atoms with E-state index in [1.165, 1.54) is 11.3 Å². The molecule has 2 unspecified atom stereocenters. The standard InChI is InChI=1S/C18H32N4O2S/c1-14(2)18-17(25-20-19-18)13-21-6-5-16(15(12-21)4-3-9-23)22-7-10-24-11-8-22/h14-16,23H,3-13H2,1-2H3. The highest BCUT2D eigenvalue weighted by Crippen LogP contribution is 2.29. The second-order valence-electron chi connectivity index (χ2n) is 7.60. The predicted octanol–water partition coefficient (Wildman–Crippen LogP) is 1.96. The van der Waals surface area contributed by atoms with E-state index in [2.05, 4.69) is 33.2 Å². The number of likely N-dealkylation sites (tertiary alicyclic amines) is 1. The van der Waals surface area contributed by atoms with Crippen molar-refractivity contribution < 1.29 is 9.84 Å². The molecule has 0 bridgehead atoms. The van der Waals surface area contributed by atoms with Crippen LogP contribution in [0.25, 0.3) is 0 Å². The van der Waals surface area contributed by atoms with Gasteiger partial charge < -0.3 is 9.84 Å². The quantitative estimate of drug-likeness (QED) is 0.794. The van der Waals surface area contributed by atoms with Gasteiger partial charge in [-0.05, 0) is 42.6 Å². The smallest absolute Gasteiger partial charge is 0.0826 e. The highest BCUT2D eigenvalue weighted by atomic mass is 32.1. The second-order valence-corrected chi connectivity index (χ2v) is 8.44. The zero-order valence-corrected chi connectivity index (χ0v) is 16.4. The zero-order chi connectivity index (χ0) is 17.6. The van der Waals surface area contributed by atoms with E-state index in [0.29, 0.717) is 24.5 Å². The number of nitrogens with zero attached hydrogens (tertiary/aromatic N) is 4. The van der Waals surface area contributed by atoms with Gasteiger partial charge in [0.1, 0.15) is 0 Å². The number of ether oxygens (including phenoxy) is 1. The maximum absolute atomic E-state index is 9.30. The Hall–Kier alpha value is -0.600. The van der Waals surface area contributed by atoms with Gasteiger partial charge in [-0.25, -0.2) is 0 Å². The lowest BCUT2D eigenvalue weighted by Gasteiger charge is -2.45. The van der Waals surface area contributed by atoms with Crippen molar-refractivity contribution in [1.82, 2.24) is 19.4 Å². The van der Waals surface area contributed by atoms with Crippen LogP contribution in [0.3, 0.4) is 0 Å². The Morgan fingerprint density at radius 2 is 2.08 bits per heavy atom. The Balaban J connectivity index is 1.63. The minimum absolute atomic E-state index is 0.294.